The molecule has 1 aliphatic rings. The fourth-order valence-electron chi connectivity index (χ4n) is 0.586. The summed E-state index contributed by atoms with van der Waals surface area (Å²) in [6.45, 7) is 3.35. The van der Waals surface area contributed by atoms with Crippen LogP contribution in [0.4, 0.5) is 0 Å². The van der Waals surface area contributed by atoms with E-state index in [1.807, 2.05) is 6.08 Å². The van der Waals surface area contributed by atoms with Crippen LogP contribution in [0.15, 0.2) is 12.2 Å². The molecule has 46 valence electrons. The molecule has 0 bridgehead atoms. The fourth-order valence-corrected chi connectivity index (χ4v) is 0.586. The van der Waals surface area contributed by atoms with E-state index >= 15 is 0 Å². The molecule has 0 aromatic rings. The van der Waals surface area contributed by atoms with E-state index in [9.17, 15) is 0 Å². The van der Waals surface area contributed by atoms with Crippen LogP contribution in [-0.2, 0) is 9.78 Å². The molecule has 0 aromatic heterocycles. The van der Waals surface area contributed by atoms with Gasteiger partial charge in [0.1, 0.15) is 6.61 Å². The van der Waals surface area contributed by atoms with Crippen LogP contribution >= 0.6 is 0 Å². The lowest BCUT2D eigenvalue weighted by Gasteiger charge is -1.99. The van der Waals surface area contributed by atoms with Crippen molar-refractivity contribution in [1.29, 1.82) is 0 Å². The van der Waals surface area contributed by atoms with Gasteiger partial charge in [-0.1, -0.05) is 19.1 Å². The summed E-state index contributed by atoms with van der Waals surface area (Å²) in [5.41, 5.74) is 0. The maximum Gasteiger partial charge on any atom is 0.100 e. The van der Waals surface area contributed by atoms with Crippen LogP contribution in [0.5, 0.6) is 0 Å². The Kier molecular flexibility index (Phi) is 2.06. The van der Waals surface area contributed by atoms with E-state index in [1.54, 1.807) is 0 Å². The van der Waals surface area contributed by atoms with Gasteiger partial charge in [-0.25, -0.2) is 9.78 Å². The summed E-state index contributed by atoms with van der Waals surface area (Å²) in [5, 5.41) is 0. The minimum absolute atomic E-state index is 0.498. The summed E-state index contributed by atoms with van der Waals surface area (Å²) < 4.78 is 0. The second kappa shape index (κ2) is 2.84. The third kappa shape index (κ3) is 1.64. The average Bonchev–Trinajstić information content (AvgIpc) is 1.94. The molecule has 2 heteroatoms. The minimum Gasteiger partial charge on any atom is -0.236 e. The van der Waals surface area contributed by atoms with Gasteiger partial charge in [-0.3, -0.25) is 0 Å². The minimum atomic E-state index is 0.498. The van der Waals surface area contributed by atoms with Gasteiger partial charge in [0.2, 0.25) is 0 Å². The maximum absolute atomic E-state index is 4.74. The van der Waals surface area contributed by atoms with Crippen LogP contribution in [0.2, 0.25) is 0 Å². The standard InChI is InChI=1S/C6H10O2/c1-6-3-2-4-7-8-5-6/h2-3,6H,4-5H2,1H3. The molecule has 0 radical (unpaired) electrons. The van der Waals surface area contributed by atoms with E-state index < -0.39 is 0 Å². The maximum atomic E-state index is 4.74. The molecule has 1 atom stereocenters. The van der Waals surface area contributed by atoms with E-state index in [4.69, 9.17) is 4.89 Å². The van der Waals surface area contributed by atoms with Crippen molar-refractivity contribution in [2.24, 2.45) is 5.92 Å². The fraction of sp³-hybridized carbons (Fsp3) is 0.667. The first kappa shape index (κ1) is 5.79. The first-order valence-electron chi connectivity index (χ1n) is 2.80. The quantitative estimate of drug-likeness (QED) is 0.347. The summed E-state index contributed by atoms with van der Waals surface area (Å²) in [5.74, 6) is 0.498. The Balaban J connectivity index is 2.33. The van der Waals surface area contributed by atoms with Gasteiger partial charge < -0.3 is 0 Å². The van der Waals surface area contributed by atoms with Crippen LogP contribution in [0.1, 0.15) is 6.92 Å². The van der Waals surface area contributed by atoms with Crippen molar-refractivity contribution in [2.75, 3.05) is 13.2 Å². The largest absolute Gasteiger partial charge is 0.236 e. The lowest BCUT2D eigenvalue weighted by Crippen LogP contribution is -1.99. The molecule has 1 aliphatic heterocycles. The van der Waals surface area contributed by atoms with Crippen LogP contribution in [-0.4, -0.2) is 13.2 Å². The summed E-state index contributed by atoms with van der Waals surface area (Å²) in [6.07, 6.45) is 4.06. The third-order valence-electron chi connectivity index (χ3n) is 1.04. The molecule has 0 aliphatic carbocycles. The molecule has 0 amide bonds. The zero-order valence-electron chi connectivity index (χ0n) is 4.96. The van der Waals surface area contributed by atoms with Crippen molar-refractivity contribution in [3.05, 3.63) is 12.2 Å². The first-order chi connectivity index (χ1) is 3.89. The highest BCUT2D eigenvalue weighted by Crippen LogP contribution is 2.01. The molecule has 0 fully saturated rings. The average molecular weight is 114 g/mol. The second-order valence-electron chi connectivity index (χ2n) is 1.97. The Bertz CT molecular complexity index is 88.5. The van der Waals surface area contributed by atoms with Crippen molar-refractivity contribution >= 4 is 0 Å². The number of hydrogen-bond acceptors (Lipinski definition) is 2. The van der Waals surface area contributed by atoms with Gasteiger partial charge in [0.25, 0.3) is 0 Å². The van der Waals surface area contributed by atoms with Crippen LogP contribution in [0, 0.1) is 5.92 Å². The second-order valence-corrected chi connectivity index (χ2v) is 1.97. The predicted octanol–water partition coefficient (Wildman–Crippen LogP) is 1.14. The van der Waals surface area contributed by atoms with Crippen molar-refractivity contribution in [3.63, 3.8) is 0 Å². The Morgan fingerprint density at radius 3 is 3.25 bits per heavy atom. The molecular formula is C6H10O2. The Labute approximate surface area is 49.0 Å². The normalized spacial score (nSPS) is 29.9. The van der Waals surface area contributed by atoms with Crippen molar-refractivity contribution in [3.8, 4) is 0 Å². The van der Waals surface area contributed by atoms with Crippen LogP contribution in [0.3, 0.4) is 0 Å². The SMILES string of the molecule is CC1C=CCOOC1. The van der Waals surface area contributed by atoms with E-state index in [0.717, 1.165) is 0 Å². The van der Waals surface area contributed by atoms with E-state index in [0.29, 0.717) is 19.1 Å². The first-order valence-corrected chi connectivity index (χ1v) is 2.80. The van der Waals surface area contributed by atoms with E-state index in [1.165, 1.54) is 0 Å². The van der Waals surface area contributed by atoms with Crippen molar-refractivity contribution < 1.29 is 9.78 Å². The summed E-state index contributed by atoms with van der Waals surface area (Å²) in [4.78, 5) is 9.42. The van der Waals surface area contributed by atoms with Crippen LogP contribution in [0.25, 0.3) is 0 Å². The smallest absolute Gasteiger partial charge is 0.100 e. The molecule has 0 spiro atoms. The molecule has 0 saturated carbocycles. The lowest BCUT2D eigenvalue weighted by atomic mass is 10.2. The Morgan fingerprint density at radius 1 is 1.50 bits per heavy atom. The Hall–Kier alpha value is -0.340. The van der Waals surface area contributed by atoms with Gasteiger partial charge in [0.05, 0.1) is 6.61 Å². The molecule has 0 aromatic carbocycles. The highest BCUT2D eigenvalue weighted by atomic mass is 17.2. The summed E-state index contributed by atoms with van der Waals surface area (Å²) in [6, 6.07) is 0. The molecule has 2 nitrogen and oxygen atoms in total. The molecule has 1 rings (SSSR count). The molecule has 0 N–H and O–H groups in total. The third-order valence-corrected chi connectivity index (χ3v) is 1.04. The number of hydrogen-bond donors (Lipinski definition) is 0. The zero-order valence-corrected chi connectivity index (χ0v) is 4.96. The van der Waals surface area contributed by atoms with Crippen LogP contribution < -0.4 is 0 Å². The topological polar surface area (TPSA) is 18.5 Å². The molecular weight excluding hydrogens is 104 g/mol. The van der Waals surface area contributed by atoms with Gasteiger partial charge in [0.15, 0.2) is 0 Å². The highest BCUT2D eigenvalue weighted by Gasteiger charge is 1.99. The monoisotopic (exact) mass is 114 g/mol. The van der Waals surface area contributed by atoms with Gasteiger partial charge in [-0.05, 0) is 0 Å². The molecule has 0 saturated heterocycles. The van der Waals surface area contributed by atoms with Gasteiger partial charge in [-0.15, -0.1) is 0 Å². The summed E-state index contributed by atoms with van der Waals surface area (Å²) in [7, 11) is 0. The predicted molar refractivity (Wildman–Crippen MR) is 30.2 cm³/mol. The van der Waals surface area contributed by atoms with E-state index in [-0.39, 0.29) is 0 Å². The van der Waals surface area contributed by atoms with Gasteiger partial charge in [0, 0.05) is 5.92 Å². The lowest BCUT2D eigenvalue weighted by molar-refractivity contribution is -0.287. The molecule has 1 unspecified atom stereocenters. The van der Waals surface area contributed by atoms with Gasteiger partial charge in [-0.2, -0.15) is 0 Å². The van der Waals surface area contributed by atoms with E-state index in [2.05, 4.69) is 17.9 Å². The number of rotatable bonds is 0. The molecule has 8 heavy (non-hydrogen) atoms. The van der Waals surface area contributed by atoms with Gasteiger partial charge >= 0.3 is 0 Å². The Morgan fingerprint density at radius 2 is 2.38 bits per heavy atom. The van der Waals surface area contributed by atoms with Crippen molar-refractivity contribution in [1.82, 2.24) is 0 Å². The molecule has 1 heterocycles. The zero-order chi connectivity index (χ0) is 5.82. The van der Waals surface area contributed by atoms with Crippen molar-refractivity contribution in [2.45, 2.75) is 6.92 Å². The summed E-state index contributed by atoms with van der Waals surface area (Å²) >= 11 is 0. The highest BCUT2D eigenvalue weighted by molar-refractivity contribution is 4.86.